The average molecular weight is 441 g/mol. The molecule has 3 rings (SSSR count). The van der Waals surface area contributed by atoms with Crippen molar-refractivity contribution in [2.75, 3.05) is 25.7 Å². The van der Waals surface area contributed by atoms with Crippen molar-refractivity contribution in [1.82, 2.24) is 20.2 Å². The zero-order chi connectivity index (χ0) is 21.0. The lowest BCUT2D eigenvalue weighted by Crippen LogP contribution is -2.51. The van der Waals surface area contributed by atoms with Gasteiger partial charge in [-0.3, -0.25) is 0 Å². The van der Waals surface area contributed by atoms with Gasteiger partial charge in [0.25, 0.3) is 0 Å². The van der Waals surface area contributed by atoms with Crippen LogP contribution in [0.15, 0.2) is 24.5 Å². The second-order valence-electron chi connectivity index (χ2n) is 6.58. The Kier molecular flexibility index (Phi) is 7.02. The standard InChI is InChI=1S/C19H22ClFN4O3S/c1-28-18(26)15(6-8-29-2)24-19(27)25-7-5-14-16(23-10-22-14)17(25)12-9-11(20)3-4-13(12)21/h3-4,9-10,15,17H,5-8H2,1-2H3,(H,22,23)(H,24,27)/t15-,17?/m0/s1. The number of rotatable bonds is 6. The van der Waals surface area contributed by atoms with Crippen LogP contribution < -0.4 is 5.32 Å². The number of imidazole rings is 1. The molecule has 1 aromatic heterocycles. The summed E-state index contributed by atoms with van der Waals surface area (Å²) >= 11 is 7.65. The minimum Gasteiger partial charge on any atom is -0.467 e. The number of nitrogens with one attached hydrogen (secondary N) is 2. The summed E-state index contributed by atoms with van der Waals surface area (Å²) < 4.78 is 19.5. The minimum atomic E-state index is -0.787. The van der Waals surface area contributed by atoms with Gasteiger partial charge in [-0.2, -0.15) is 11.8 Å². The Balaban J connectivity index is 1.93. The van der Waals surface area contributed by atoms with Crippen LogP contribution in [0.4, 0.5) is 9.18 Å². The molecule has 1 aliphatic heterocycles. The van der Waals surface area contributed by atoms with Gasteiger partial charge in [0.15, 0.2) is 0 Å². The van der Waals surface area contributed by atoms with Gasteiger partial charge in [0.05, 0.1) is 19.1 Å². The second kappa shape index (κ2) is 9.49. The molecule has 2 aromatic rings. The predicted molar refractivity (Wildman–Crippen MR) is 110 cm³/mol. The largest absolute Gasteiger partial charge is 0.467 e. The molecule has 1 aromatic carbocycles. The number of fused-ring (bicyclic) bond motifs is 1. The maximum atomic E-state index is 14.7. The zero-order valence-corrected chi connectivity index (χ0v) is 17.6. The fourth-order valence-electron chi connectivity index (χ4n) is 3.39. The lowest BCUT2D eigenvalue weighted by atomic mass is 9.95. The number of esters is 1. The Morgan fingerprint density at radius 2 is 2.31 bits per heavy atom. The number of benzene rings is 1. The quantitative estimate of drug-likeness (QED) is 0.674. The number of aromatic amines is 1. The summed E-state index contributed by atoms with van der Waals surface area (Å²) in [6, 6.07) is 2.18. The molecular formula is C19H22ClFN4O3S. The Hall–Kier alpha value is -2.26. The Morgan fingerprint density at radius 3 is 3.03 bits per heavy atom. The summed E-state index contributed by atoms with van der Waals surface area (Å²) in [7, 11) is 1.28. The highest BCUT2D eigenvalue weighted by molar-refractivity contribution is 7.98. The first-order valence-corrected chi connectivity index (χ1v) is 10.8. The third-order valence-electron chi connectivity index (χ3n) is 4.83. The number of H-pyrrole nitrogens is 1. The van der Waals surface area contributed by atoms with E-state index < -0.39 is 29.9 Å². The van der Waals surface area contributed by atoms with Crippen LogP contribution in [-0.4, -0.2) is 58.6 Å². The van der Waals surface area contributed by atoms with Crippen molar-refractivity contribution in [2.45, 2.75) is 24.9 Å². The van der Waals surface area contributed by atoms with Gasteiger partial charge in [-0.25, -0.2) is 19.0 Å². The molecule has 2 amide bonds. The molecule has 0 saturated carbocycles. The van der Waals surface area contributed by atoms with Crippen molar-refractivity contribution in [3.8, 4) is 0 Å². The van der Waals surface area contributed by atoms with Crippen molar-refractivity contribution in [3.63, 3.8) is 0 Å². The molecule has 29 heavy (non-hydrogen) atoms. The predicted octanol–water partition coefficient (Wildman–Crippen LogP) is 3.15. The van der Waals surface area contributed by atoms with Crippen molar-refractivity contribution >= 4 is 35.4 Å². The highest BCUT2D eigenvalue weighted by Gasteiger charge is 2.37. The van der Waals surface area contributed by atoms with Crippen LogP contribution in [-0.2, 0) is 16.0 Å². The van der Waals surface area contributed by atoms with E-state index in [9.17, 15) is 14.0 Å². The molecule has 1 aliphatic rings. The maximum absolute atomic E-state index is 14.7. The summed E-state index contributed by atoms with van der Waals surface area (Å²) in [5.41, 5.74) is 1.65. The van der Waals surface area contributed by atoms with E-state index in [2.05, 4.69) is 15.3 Å². The molecule has 10 heteroatoms. The summed E-state index contributed by atoms with van der Waals surface area (Å²) in [6.07, 6.45) is 4.40. The van der Waals surface area contributed by atoms with E-state index in [0.29, 0.717) is 35.9 Å². The highest BCUT2D eigenvalue weighted by atomic mass is 35.5. The van der Waals surface area contributed by atoms with Crippen LogP contribution in [0, 0.1) is 5.82 Å². The number of ether oxygens (including phenoxy) is 1. The molecule has 0 bridgehead atoms. The smallest absolute Gasteiger partial charge is 0.328 e. The first kappa shape index (κ1) is 21.4. The van der Waals surface area contributed by atoms with Crippen LogP contribution in [0.25, 0.3) is 0 Å². The average Bonchev–Trinajstić information content (AvgIpc) is 3.20. The number of carbonyl (C=O) groups excluding carboxylic acids is 2. The molecule has 2 atom stereocenters. The van der Waals surface area contributed by atoms with E-state index >= 15 is 0 Å². The molecule has 1 unspecified atom stereocenters. The van der Waals surface area contributed by atoms with E-state index in [1.54, 1.807) is 11.8 Å². The molecule has 0 radical (unpaired) electrons. The Bertz CT molecular complexity index is 894. The number of hydrogen-bond acceptors (Lipinski definition) is 5. The van der Waals surface area contributed by atoms with Gasteiger partial charge in [-0.1, -0.05) is 11.6 Å². The number of amides is 2. The number of carbonyl (C=O) groups is 2. The normalized spacial score (nSPS) is 16.8. The van der Waals surface area contributed by atoms with Crippen molar-refractivity contribution in [2.24, 2.45) is 0 Å². The summed E-state index contributed by atoms with van der Waals surface area (Å²) in [5.74, 6) is -0.328. The van der Waals surface area contributed by atoms with Gasteiger partial charge >= 0.3 is 12.0 Å². The molecule has 0 saturated heterocycles. The van der Waals surface area contributed by atoms with Crippen LogP contribution in [0.2, 0.25) is 5.02 Å². The van der Waals surface area contributed by atoms with Crippen LogP contribution in [0.3, 0.4) is 0 Å². The van der Waals surface area contributed by atoms with Gasteiger partial charge in [0.1, 0.15) is 17.9 Å². The molecule has 156 valence electrons. The van der Waals surface area contributed by atoms with Gasteiger partial charge in [-0.15, -0.1) is 0 Å². The number of methoxy groups -OCH3 is 1. The lowest BCUT2D eigenvalue weighted by molar-refractivity contribution is -0.142. The summed E-state index contributed by atoms with van der Waals surface area (Å²) in [6.45, 7) is 0.327. The van der Waals surface area contributed by atoms with Gasteiger partial charge in [-0.05, 0) is 36.6 Å². The van der Waals surface area contributed by atoms with Gasteiger partial charge in [0.2, 0.25) is 0 Å². The van der Waals surface area contributed by atoms with Gasteiger partial charge in [0, 0.05) is 29.2 Å². The number of urea groups is 1. The Labute approximate surface area is 177 Å². The molecule has 0 fully saturated rings. The third-order valence-corrected chi connectivity index (χ3v) is 5.71. The molecule has 7 nitrogen and oxygen atoms in total. The molecule has 0 spiro atoms. The van der Waals surface area contributed by atoms with Crippen molar-refractivity contribution in [3.05, 3.63) is 52.3 Å². The zero-order valence-electron chi connectivity index (χ0n) is 16.1. The van der Waals surface area contributed by atoms with Crippen molar-refractivity contribution < 1.29 is 18.7 Å². The topological polar surface area (TPSA) is 87.3 Å². The van der Waals surface area contributed by atoms with E-state index in [0.717, 1.165) is 5.69 Å². The Morgan fingerprint density at radius 1 is 1.52 bits per heavy atom. The number of nitrogens with zero attached hydrogens (tertiary/aromatic N) is 2. The fourth-order valence-corrected chi connectivity index (χ4v) is 4.05. The van der Waals surface area contributed by atoms with Gasteiger partial charge < -0.3 is 19.9 Å². The van der Waals surface area contributed by atoms with E-state index in [1.165, 1.54) is 36.5 Å². The fraction of sp³-hybridized carbons (Fsp3) is 0.421. The number of hydrogen-bond donors (Lipinski definition) is 2. The maximum Gasteiger partial charge on any atom is 0.328 e. The van der Waals surface area contributed by atoms with E-state index in [-0.39, 0.29) is 5.56 Å². The first-order valence-electron chi connectivity index (χ1n) is 9.07. The lowest BCUT2D eigenvalue weighted by Gasteiger charge is -2.36. The molecule has 0 aliphatic carbocycles. The second-order valence-corrected chi connectivity index (χ2v) is 8.01. The number of halogens is 2. The van der Waals surface area contributed by atoms with Crippen LogP contribution >= 0.6 is 23.4 Å². The number of aromatic nitrogens is 2. The van der Waals surface area contributed by atoms with Crippen LogP contribution in [0.5, 0.6) is 0 Å². The summed E-state index contributed by atoms with van der Waals surface area (Å²) in [4.78, 5) is 34.0. The van der Waals surface area contributed by atoms with Crippen molar-refractivity contribution in [1.29, 1.82) is 0 Å². The van der Waals surface area contributed by atoms with E-state index in [4.69, 9.17) is 16.3 Å². The first-order chi connectivity index (χ1) is 14.0. The molecule has 2 N–H and O–H groups in total. The molecule has 2 heterocycles. The SMILES string of the molecule is COC(=O)[C@H](CCSC)NC(=O)N1CCc2[nH]cnc2C1c1cc(Cl)ccc1F. The van der Waals surface area contributed by atoms with Crippen LogP contribution in [0.1, 0.15) is 29.4 Å². The number of thioether (sulfide) groups is 1. The third kappa shape index (κ3) is 4.67. The molecular weight excluding hydrogens is 419 g/mol. The summed E-state index contributed by atoms with van der Waals surface area (Å²) in [5, 5.41) is 3.09. The van der Waals surface area contributed by atoms with E-state index in [1.807, 2.05) is 6.26 Å². The monoisotopic (exact) mass is 440 g/mol. The minimum absolute atomic E-state index is 0.249. The highest BCUT2D eigenvalue weighted by Crippen LogP contribution is 2.35.